The molecule has 0 unspecified atom stereocenters. The molecular weight excluding hydrogens is 350 g/mol. The van der Waals surface area contributed by atoms with Crippen LogP contribution in [0.15, 0.2) is 24.3 Å². The normalized spacial score (nSPS) is 23.3. The maximum atomic E-state index is 12.7. The number of rotatable bonds is 4. The van der Waals surface area contributed by atoms with Crippen molar-refractivity contribution in [3.8, 4) is 11.5 Å². The molecule has 2 fully saturated rings. The summed E-state index contributed by atoms with van der Waals surface area (Å²) in [6.07, 6.45) is 3.85. The Kier molecular flexibility index (Phi) is 4.63. The highest BCUT2D eigenvalue weighted by atomic mass is 16.6. The zero-order chi connectivity index (χ0) is 18.9. The van der Waals surface area contributed by atoms with Crippen LogP contribution < -0.4 is 20.1 Å². The summed E-state index contributed by atoms with van der Waals surface area (Å²) < 4.78 is 11.4. The number of amides is 4. The number of hydrogen-bond donors (Lipinski definition) is 2. The fourth-order valence-corrected chi connectivity index (χ4v) is 3.90. The number of benzene rings is 1. The Morgan fingerprint density at radius 3 is 2.70 bits per heavy atom. The van der Waals surface area contributed by atoms with Crippen LogP contribution in [0.2, 0.25) is 0 Å². The summed E-state index contributed by atoms with van der Waals surface area (Å²) >= 11 is 0. The Morgan fingerprint density at radius 2 is 1.93 bits per heavy atom. The van der Waals surface area contributed by atoms with Crippen LogP contribution in [-0.2, 0) is 9.59 Å². The van der Waals surface area contributed by atoms with Gasteiger partial charge < -0.3 is 20.1 Å². The lowest BCUT2D eigenvalue weighted by Gasteiger charge is -2.30. The predicted octanol–water partition coefficient (Wildman–Crippen LogP) is 1.20. The highest BCUT2D eigenvalue weighted by Gasteiger charge is 2.51. The molecule has 4 rings (SSSR count). The minimum absolute atomic E-state index is 0.238. The number of ether oxygens (including phenoxy) is 2. The van der Waals surface area contributed by atoms with Crippen LogP contribution in [0.25, 0.3) is 0 Å². The summed E-state index contributed by atoms with van der Waals surface area (Å²) in [5.74, 6) is 0.635. The second-order valence-electron chi connectivity index (χ2n) is 7.27. The van der Waals surface area contributed by atoms with Gasteiger partial charge in [0.1, 0.15) is 24.8 Å². The second-order valence-corrected chi connectivity index (χ2v) is 7.27. The lowest BCUT2D eigenvalue weighted by Crippen LogP contribution is -2.49. The molecule has 1 atom stereocenters. The largest absolute Gasteiger partial charge is 0.486 e. The molecule has 0 aromatic heterocycles. The van der Waals surface area contributed by atoms with Gasteiger partial charge in [-0.1, -0.05) is 31.4 Å². The molecule has 1 aromatic rings. The van der Waals surface area contributed by atoms with E-state index in [0.29, 0.717) is 30.9 Å². The van der Waals surface area contributed by atoms with E-state index in [9.17, 15) is 14.4 Å². The van der Waals surface area contributed by atoms with Gasteiger partial charge in [-0.2, -0.15) is 0 Å². The summed E-state index contributed by atoms with van der Waals surface area (Å²) in [5, 5.41) is 5.53. The van der Waals surface area contributed by atoms with Crippen molar-refractivity contribution >= 4 is 17.8 Å². The van der Waals surface area contributed by atoms with Crippen LogP contribution >= 0.6 is 0 Å². The molecule has 2 heterocycles. The van der Waals surface area contributed by atoms with Gasteiger partial charge in [0.25, 0.3) is 5.91 Å². The monoisotopic (exact) mass is 373 g/mol. The molecule has 8 nitrogen and oxygen atoms in total. The van der Waals surface area contributed by atoms with Crippen LogP contribution in [0.5, 0.6) is 11.5 Å². The third-order valence-corrected chi connectivity index (χ3v) is 5.35. The topological polar surface area (TPSA) is 97.0 Å². The Morgan fingerprint density at radius 1 is 1.19 bits per heavy atom. The van der Waals surface area contributed by atoms with Crippen molar-refractivity contribution in [2.24, 2.45) is 0 Å². The molecule has 1 saturated heterocycles. The molecule has 1 aromatic carbocycles. The molecular formula is C19H23N3O5. The van der Waals surface area contributed by atoms with Gasteiger partial charge in [-0.3, -0.25) is 14.5 Å². The first-order valence-electron chi connectivity index (χ1n) is 9.37. The molecule has 1 aliphatic carbocycles. The summed E-state index contributed by atoms with van der Waals surface area (Å²) in [6.45, 7) is 0.280. The number of urea groups is 1. The van der Waals surface area contributed by atoms with Crippen molar-refractivity contribution in [2.75, 3.05) is 19.7 Å². The predicted molar refractivity (Wildman–Crippen MR) is 95.4 cm³/mol. The number of carbonyl (C=O) groups excluding carboxylic acids is 3. The van der Waals surface area contributed by atoms with E-state index in [-0.39, 0.29) is 25.1 Å². The zero-order valence-electron chi connectivity index (χ0n) is 15.0. The minimum atomic E-state index is -0.806. The average Bonchev–Trinajstić information content (AvgIpc) is 2.90. The molecule has 0 radical (unpaired) electrons. The van der Waals surface area contributed by atoms with Crippen molar-refractivity contribution in [1.82, 2.24) is 15.5 Å². The third kappa shape index (κ3) is 3.43. The van der Waals surface area contributed by atoms with Crippen molar-refractivity contribution in [3.05, 3.63) is 24.3 Å². The number of fused-ring (bicyclic) bond motifs is 1. The molecule has 1 saturated carbocycles. The molecule has 0 bridgehead atoms. The highest BCUT2D eigenvalue weighted by molar-refractivity contribution is 6.09. The fourth-order valence-electron chi connectivity index (χ4n) is 3.90. The maximum absolute atomic E-state index is 12.7. The fraction of sp³-hybridized carbons (Fsp3) is 0.526. The Hall–Kier alpha value is -2.77. The van der Waals surface area contributed by atoms with E-state index < -0.39 is 17.5 Å². The first kappa shape index (κ1) is 17.6. The van der Waals surface area contributed by atoms with E-state index in [1.54, 1.807) is 6.07 Å². The van der Waals surface area contributed by atoms with Gasteiger partial charge in [-0.25, -0.2) is 4.79 Å². The quantitative estimate of drug-likeness (QED) is 0.773. The van der Waals surface area contributed by atoms with Gasteiger partial charge in [-0.15, -0.1) is 0 Å². The Labute approximate surface area is 157 Å². The Bertz CT molecular complexity index is 759. The van der Waals surface area contributed by atoms with Gasteiger partial charge in [0, 0.05) is 0 Å². The molecule has 2 aliphatic heterocycles. The number of para-hydroxylation sites is 2. The molecule has 144 valence electrons. The van der Waals surface area contributed by atoms with Crippen molar-refractivity contribution in [1.29, 1.82) is 0 Å². The van der Waals surface area contributed by atoms with E-state index in [4.69, 9.17) is 9.47 Å². The number of hydrogen-bond acceptors (Lipinski definition) is 5. The average molecular weight is 373 g/mol. The molecule has 2 N–H and O–H groups in total. The van der Waals surface area contributed by atoms with E-state index >= 15 is 0 Å². The summed E-state index contributed by atoms with van der Waals surface area (Å²) in [5.41, 5.74) is -0.806. The first-order chi connectivity index (χ1) is 13.1. The van der Waals surface area contributed by atoms with Gasteiger partial charge in [0.2, 0.25) is 5.91 Å². The molecule has 3 aliphatic rings. The smallest absolute Gasteiger partial charge is 0.325 e. The van der Waals surface area contributed by atoms with Crippen LogP contribution in [0.4, 0.5) is 4.79 Å². The molecule has 1 spiro atoms. The van der Waals surface area contributed by atoms with Crippen LogP contribution in [0.1, 0.15) is 32.1 Å². The van der Waals surface area contributed by atoms with Crippen molar-refractivity contribution in [3.63, 3.8) is 0 Å². The standard InChI is InChI=1S/C19H23N3O5/c23-16(20-10-13-12-26-14-6-2-3-7-15(14)27-13)11-22-17(24)19(21-18(22)25)8-4-1-5-9-19/h2-3,6-7,13H,1,4-5,8-12H2,(H,20,23)(H,21,25)/t13-/m0/s1. The molecule has 8 heteroatoms. The zero-order valence-corrected chi connectivity index (χ0v) is 15.0. The summed E-state index contributed by atoms with van der Waals surface area (Å²) in [7, 11) is 0. The van der Waals surface area contributed by atoms with Gasteiger partial charge in [0.15, 0.2) is 11.5 Å². The van der Waals surface area contributed by atoms with Gasteiger partial charge in [0.05, 0.1) is 6.54 Å². The van der Waals surface area contributed by atoms with Crippen LogP contribution in [0, 0.1) is 0 Å². The van der Waals surface area contributed by atoms with Crippen molar-refractivity contribution in [2.45, 2.75) is 43.7 Å². The van der Waals surface area contributed by atoms with Gasteiger partial charge >= 0.3 is 6.03 Å². The van der Waals surface area contributed by atoms with E-state index in [0.717, 1.165) is 24.2 Å². The van der Waals surface area contributed by atoms with Crippen LogP contribution in [0.3, 0.4) is 0 Å². The number of nitrogens with zero attached hydrogens (tertiary/aromatic N) is 1. The van der Waals surface area contributed by atoms with E-state index in [2.05, 4.69) is 10.6 Å². The lowest BCUT2D eigenvalue weighted by atomic mass is 9.82. The third-order valence-electron chi connectivity index (χ3n) is 5.35. The van der Waals surface area contributed by atoms with E-state index in [1.807, 2.05) is 18.2 Å². The maximum Gasteiger partial charge on any atom is 0.325 e. The SMILES string of the molecule is O=C(CN1C(=O)NC2(CCCCC2)C1=O)NC[C@H]1COc2ccccc2O1. The molecule has 4 amide bonds. The highest BCUT2D eigenvalue weighted by Crippen LogP contribution is 2.33. The van der Waals surface area contributed by atoms with Crippen LogP contribution in [-0.4, -0.2) is 54.1 Å². The lowest BCUT2D eigenvalue weighted by molar-refractivity contribution is -0.135. The first-order valence-corrected chi connectivity index (χ1v) is 9.37. The molecule has 27 heavy (non-hydrogen) atoms. The number of carbonyl (C=O) groups is 3. The van der Waals surface area contributed by atoms with Crippen molar-refractivity contribution < 1.29 is 23.9 Å². The number of imide groups is 1. The van der Waals surface area contributed by atoms with E-state index in [1.165, 1.54) is 0 Å². The van der Waals surface area contributed by atoms with Gasteiger partial charge in [-0.05, 0) is 25.0 Å². The second kappa shape index (κ2) is 7.09. The minimum Gasteiger partial charge on any atom is -0.486 e. The Balaban J connectivity index is 1.30. The summed E-state index contributed by atoms with van der Waals surface area (Å²) in [6, 6.07) is 6.86. The summed E-state index contributed by atoms with van der Waals surface area (Å²) in [4.78, 5) is 38.2. The number of nitrogens with one attached hydrogen (secondary N) is 2.